The predicted molar refractivity (Wildman–Crippen MR) is 128 cm³/mol. The van der Waals surface area contributed by atoms with Crippen LogP contribution in [0.1, 0.15) is 48.8 Å². The molecule has 0 atom stereocenters. The first-order valence-corrected chi connectivity index (χ1v) is 12.5. The molecule has 34 heavy (non-hydrogen) atoms. The molecule has 8 nitrogen and oxygen atoms in total. The highest BCUT2D eigenvalue weighted by molar-refractivity contribution is 6.13. The summed E-state index contributed by atoms with van der Waals surface area (Å²) in [5, 5.41) is 8.63. The number of benzene rings is 1. The third-order valence-corrected chi connectivity index (χ3v) is 8.44. The molecule has 0 unspecified atom stereocenters. The highest BCUT2D eigenvalue weighted by atomic mass is 16.5. The molecule has 1 aromatic carbocycles. The third-order valence-electron chi connectivity index (χ3n) is 8.44. The van der Waals surface area contributed by atoms with Crippen molar-refractivity contribution in [3.05, 3.63) is 35.0 Å². The van der Waals surface area contributed by atoms with E-state index in [0.717, 1.165) is 78.5 Å². The fraction of sp³-hybridized carbons (Fsp3) is 0.500. The second-order valence-electron chi connectivity index (χ2n) is 10.2. The van der Waals surface area contributed by atoms with Gasteiger partial charge in [-0.15, -0.1) is 0 Å². The highest BCUT2D eigenvalue weighted by Gasteiger charge is 2.53. The van der Waals surface area contributed by atoms with E-state index in [-0.39, 0.29) is 18.4 Å². The van der Waals surface area contributed by atoms with E-state index < -0.39 is 5.41 Å². The van der Waals surface area contributed by atoms with E-state index in [0.29, 0.717) is 26.3 Å². The Morgan fingerprint density at radius 2 is 1.91 bits per heavy atom. The van der Waals surface area contributed by atoms with Crippen LogP contribution in [0.4, 0.5) is 5.69 Å². The zero-order chi connectivity index (χ0) is 22.9. The summed E-state index contributed by atoms with van der Waals surface area (Å²) in [7, 11) is 0. The maximum Gasteiger partial charge on any atom is 0.242 e. The van der Waals surface area contributed by atoms with Crippen molar-refractivity contribution in [3.8, 4) is 11.4 Å². The molecule has 3 aromatic rings. The second-order valence-corrected chi connectivity index (χ2v) is 10.2. The van der Waals surface area contributed by atoms with Crippen LogP contribution in [-0.2, 0) is 32.6 Å². The summed E-state index contributed by atoms with van der Waals surface area (Å²) in [5.41, 5.74) is 7.33. The Hall–Kier alpha value is -3.13. The summed E-state index contributed by atoms with van der Waals surface area (Å²) < 4.78 is 5.41. The molecule has 0 bridgehead atoms. The normalized spacial score (nSPS) is 21.1. The molecule has 4 aliphatic rings. The van der Waals surface area contributed by atoms with Gasteiger partial charge >= 0.3 is 0 Å². The first-order chi connectivity index (χ1) is 16.7. The van der Waals surface area contributed by atoms with Crippen molar-refractivity contribution in [1.82, 2.24) is 20.1 Å². The molecule has 0 radical (unpaired) electrons. The minimum absolute atomic E-state index is 0.00717. The monoisotopic (exact) mass is 459 g/mol. The smallest absolute Gasteiger partial charge is 0.242 e. The maximum atomic E-state index is 13.9. The maximum absolute atomic E-state index is 13.9. The number of nitrogens with one attached hydrogen (secondary N) is 2. The number of anilines is 1. The largest absolute Gasteiger partial charge is 0.378 e. The van der Waals surface area contributed by atoms with Gasteiger partial charge in [-0.05, 0) is 60.9 Å². The molecule has 2 amide bonds. The number of ether oxygens (including phenoxy) is 1. The van der Waals surface area contributed by atoms with E-state index in [1.807, 2.05) is 11.1 Å². The number of carbonyl (C=O) groups excluding carboxylic acids is 2. The van der Waals surface area contributed by atoms with E-state index in [4.69, 9.17) is 4.74 Å². The highest BCUT2D eigenvalue weighted by Crippen LogP contribution is 2.53. The zero-order valence-electron chi connectivity index (χ0n) is 19.3. The minimum atomic E-state index is -0.490. The van der Waals surface area contributed by atoms with Crippen LogP contribution in [0, 0.1) is 0 Å². The lowest BCUT2D eigenvalue weighted by atomic mass is 9.80. The second kappa shape index (κ2) is 7.43. The molecule has 7 rings (SSSR count). The Balaban J connectivity index is 1.36. The lowest BCUT2D eigenvalue weighted by Crippen LogP contribution is -2.48. The summed E-state index contributed by atoms with van der Waals surface area (Å²) >= 11 is 0. The Morgan fingerprint density at radius 3 is 2.74 bits per heavy atom. The van der Waals surface area contributed by atoms with Gasteiger partial charge in [0.15, 0.2) is 0 Å². The number of rotatable bonds is 2. The van der Waals surface area contributed by atoms with Crippen LogP contribution in [0.3, 0.4) is 0 Å². The minimum Gasteiger partial charge on any atom is -0.378 e. The van der Waals surface area contributed by atoms with Crippen LogP contribution in [0.2, 0.25) is 0 Å². The lowest BCUT2D eigenvalue weighted by molar-refractivity contribution is -0.135. The van der Waals surface area contributed by atoms with Gasteiger partial charge in [-0.1, -0.05) is 12.8 Å². The molecule has 1 spiro atoms. The number of aryl methyl sites for hydroxylation is 2. The van der Waals surface area contributed by atoms with Gasteiger partial charge in [0, 0.05) is 29.7 Å². The SMILES string of the molecule is O=C(CN1C(=O)C2(CCCC2)c2cc3[nH]c4c(c3cc21)CCCc1cn[nH]c1-4)N1CCOCC1. The topological polar surface area (TPSA) is 94.3 Å². The third kappa shape index (κ3) is 2.78. The number of aromatic nitrogens is 3. The number of fused-ring (bicyclic) bond motifs is 7. The molecule has 176 valence electrons. The predicted octanol–water partition coefficient (Wildman–Crippen LogP) is 3.06. The quantitative estimate of drug-likeness (QED) is 0.616. The van der Waals surface area contributed by atoms with Gasteiger partial charge < -0.3 is 19.5 Å². The average molecular weight is 460 g/mol. The van der Waals surface area contributed by atoms with Crippen molar-refractivity contribution in [2.45, 2.75) is 50.4 Å². The molecule has 2 aliphatic heterocycles. The molecule has 8 heteroatoms. The van der Waals surface area contributed by atoms with Gasteiger partial charge in [0.2, 0.25) is 11.8 Å². The molecule has 1 saturated carbocycles. The van der Waals surface area contributed by atoms with E-state index in [9.17, 15) is 9.59 Å². The summed E-state index contributed by atoms with van der Waals surface area (Å²) in [6.07, 6.45) is 8.79. The fourth-order valence-corrected chi connectivity index (χ4v) is 6.69. The molecular formula is C26H29N5O3. The Bertz CT molecular complexity index is 1310. The van der Waals surface area contributed by atoms with Gasteiger partial charge in [0.25, 0.3) is 0 Å². The number of hydrogen-bond donors (Lipinski definition) is 2. The van der Waals surface area contributed by atoms with Crippen LogP contribution < -0.4 is 4.90 Å². The number of nitrogens with zero attached hydrogens (tertiary/aromatic N) is 3. The van der Waals surface area contributed by atoms with E-state index >= 15 is 0 Å². The average Bonchev–Trinajstić information content (AvgIpc) is 3.62. The van der Waals surface area contributed by atoms with Crippen LogP contribution in [0.25, 0.3) is 22.3 Å². The number of morpholine rings is 1. The Morgan fingerprint density at radius 1 is 1.09 bits per heavy atom. The summed E-state index contributed by atoms with van der Waals surface area (Å²) in [6, 6.07) is 4.39. The van der Waals surface area contributed by atoms with Crippen LogP contribution in [-0.4, -0.2) is 64.7 Å². The van der Waals surface area contributed by atoms with Crippen LogP contribution >= 0.6 is 0 Å². The van der Waals surface area contributed by atoms with Gasteiger partial charge in [-0.3, -0.25) is 14.7 Å². The van der Waals surface area contributed by atoms with Gasteiger partial charge in [-0.25, -0.2) is 0 Å². The number of aromatic amines is 2. The summed E-state index contributed by atoms with van der Waals surface area (Å²) in [5.74, 6) is 0.115. The van der Waals surface area contributed by atoms with Gasteiger partial charge in [0.05, 0.1) is 36.2 Å². The first kappa shape index (κ1) is 20.3. The van der Waals surface area contributed by atoms with Crippen molar-refractivity contribution >= 4 is 28.4 Å². The van der Waals surface area contributed by atoms with E-state index in [1.54, 1.807) is 4.90 Å². The number of carbonyl (C=O) groups is 2. The molecule has 2 fully saturated rings. The standard InChI is InChI=1S/C26H29N5O3/c32-22(30-8-10-34-11-9-30)15-31-21-12-18-17-5-3-4-16-14-27-29-23(16)24(17)28-20(18)13-19(21)26(25(31)33)6-1-2-7-26/h12-14,28H,1-11,15H2,(H,27,29). The lowest BCUT2D eigenvalue weighted by Gasteiger charge is -2.29. The van der Waals surface area contributed by atoms with E-state index in [1.165, 1.54) is 11.1 Å². The van der Waals surface area contributed by atoms with Crippen molar-refractivity contribution in [1.29, 1.82) is 0 Å². The molecule has 2 aromatic heterocycles. The zero-order valence-corrected chi connectivity index (χ0v) is 19.3. The molecule has 1 saturated heterocycles. The Labute approximate surface area is 197 Å². The van der Waals surface area contributed by atoms with E-state index in [2.05, 4.69) is 27.3 Å². The van der Waals surface area contributed by atoms with Crippen LogP contribution in [0.5, 0.6) is 0 Å². The van der Waals surface area contributed by atoms with Crippen molar-refractivity contribution in [2.75, 3.05) is 37.7 Å². The van der Waals surface area contributed by atoms with Gasteiger partial charge in [0.1, 0.15) is 6.54 Å². The number of hydrogen-bond acceptors (Lipinski definition) is 4. The first-order valence-electron chi connectivity index (χ1n) is 12.5. The number of H-pyrrole nitrogens is 2. The molecule has 2 aliphatic carbocycles. The molecular weight excluding hydrogens is 430 g/mol. The van der Waals surface area contributed by atoms with Gasteiger partial charge in [-0.2, -0.15) is 5.10 Å². The molecule has 4 heterocycles. The van der Waals surface area contributed by atoms with Crippen molar-refractivity contribution in [2.24, 2.45) is 0 Å². The fourth-order valence-electron chi connectivity index (χ4n) is 6.69. The Kier molecular flexibility index (Phi) is 4.43. The summed E-state index contributed by atoms with van der Waals surface area (Å²) in [6.45, 7) is 2.42. The van der Waals surface area contributed by atoms with Crippen molar-refractivity contribution < 1.29 is 14.3 Å². The van der Waals surface area contributed by atoms with Crippen molar-refractivity contribution in [3.63, 3.8) is 0 Å². The summed E-state index contributed by atoms with van der Waals surface area (Å²) in [4.78, 5) is 34.3. The van der Waals surface area contributed by atoms with Crippen LogP contribution in [0.15, 0.2) is 18.3 Å². The molecule has 2 N–H and O–H groups in total. The number of amides is 2.